The average molecular weight is 1850 g/mol. The Balaban J connectivity index is -0.00000237. The third-order valence-corrected chi connectivity index (χ3v) is 18.9. The van der Waals surface area contributed by atoms with Crippen LogP contribution in [0.15, 0.2) is 48.5 Å². The number of benzene rings is 2. The van der Waals surface area contributed by atoms with Crippen molar-refractivity contribution in [2.45, 2.75) is 207 Å². The molecule has 2 aromatic rings. The third kappa shape index (κ3) is 55.9. The summed E-state index contributed by atoms with van der Waals surface area (Å²) in [5, 5.41) is 90.1. The van der Waals surface area contributed by atoms with Gasteiger partial charge in [-0.05, 0) is 112 Å². The number of phenolic OH excluding ortho intramolecular Hbond substituents is 2. The van der Waals surface area contributed by atoms with E-state index in [0.717, 1.165) is 6.92 Å². The van der Waals surface area contributed by atoms with Crippen LogP contribution in [0.5, 0.6) is 11.5 Å². The maximum Gasteiger partial charge on any atom is 2.00 e. The minimum absolute atomic E-state index is 0. The van der Waals surface area contributed by atoms with E-state index in [0.29, 0.717) is 44.2 Å². The molecule has 10 amide bonds. The Morgan fingerprint density at radius 3 is 1.14 bits per heavy atom. The zero-order valence-corrected chi connectivity index (χ0v) is 75.0. The van der Waals surface area contributed by atoms with Gasteiger partial charge in [0.05, 0.1) is 108 Å². The van der Waals surface area contributed by atoms with Crippen LogP contribution in [0.4, 0.5) is 0 Å². The van der Waals surface area contributed by atoms with Crippen molar-refractivity contribution in [2.75, 3.05) is 86.8 Å². The summed E-state index contributed by atoms with van der Waals surface area (Å²) < 4.78 is 31.3. The topological polar surface area (TPSA) is 645 Å². The van der Waals surface area contributed by atoms with Crippen LogP contribution in [0.25, 0.3) is 0 Å². The molecular formula is C84H132FeN10O32. The van der Waals surface area contributed by atoms with Crippen molar-refractivity contribution >= 4 is 106 Å². The van der Waals surface area contributed by atoms with Crippen molar-refractivity contribution in [2.24, 2.45) is 41.4 Å². The molecule has 127 heavy (non-hydrogen) atoms. The van der Waals surface area contributed by atoms with E-state index >= 15 is 0 Å². The summed E-state index contributed by atoms with van der Waals surface area (Å²) >= 11 is 0. The monoisotopic (exact) mass is 1850 g/mol. The minimum atomic E-state index is -1.46. The summed E-state index contributed by atoms with van der Waals surface area (Å²) in [6.45, 7) is 12.3. The molecule has 0 bridgehead atoms. The van der Waals surface area contributed by atoms with Crippen molar-refractivity contribution in [1.29, 1.82) is 0 Å². The minimum Gasteiger partial charge on any atom is -0.508 e. The number of Topliss-reactive ketones (excluding diaryl/α,β-unsaturated/α-hetero) is 6. The van der Waals surface area contributed by atoms with E-state index in [1.54, 1.807) is 27.7 Å². The fraction of sp³-hybridized carbons (Fsp3) is 0.619. The molecule has 10 atom stereocenters. The van der Waals surface area contributed by atoms with Crippen molar-refractivity contribution in [3.63, 3.8) is 0 Å². The van der Waals surface area contributed by atoms with Crippen LogP contribution < -0.4 is 53.8 Å². The fourth-order valence-electron chi connectivity index (χ4n) is 12.6. The summed E-state index contributed by atoms with van der Waals surface area (Å²) in [5.41, 5.74) is 6.79. The number of carbonyl (C=O) groups excluding carboxylic acids is 16. The van der Waals surface area contributed by atoms with Crippen molar-refractivity contribution in [3.05, 3.63) is 74.5 Å². The Bertz CT molecular complexity index is 3460. The maximum atomic E-state index is 14.2. The van der Waals surface area contributed by atoms with E-state index in [1.165, 1.54) is 91.6 Å². The summed E-state index contributed by atoms with van der Waals surface area (Å²) in [7, 11) is 3.07. The average Bonchev–Trinajstić information content (AvgIpc) is 0.849. The number of ether oxygens (including phenoxy) is 6. The first-order chi connectivity index (χ1) is 58.8. The first kappa shape index (κ1) is 121. The van der Waals surface area contributed by atoms with Gasteiger partial charge in [-0.3, -0.25) is 102 Å². The Hall–Kier alpha value is -10.2. The molecule has 0 fully saturated rings. The third-order valence-electron chi connectivity index (χ3n) is 18.9. The van der Waals surface area contributed by atoms with Gasteiger partial charge in [0.25, 0.3) is 0 Å². The molecule has 0 heterocycles. The van der Waals surface area contributed by atoms with E-state index in [9.17, 15) is 107 Å². The molecule has 42 nitrogen and oxygen atoms in total. The molecule has 0 radical (unpaired) electrons. The van der Waals surface area contributed by atoms with Crippen molar-refractivity contribution in [3.8, 4) is 11.5 Å². The molecule has 2 aromatic carbocycles. The van der Waals surface area contributed by atoms with Gasteiger partial charge in [0.15, 0.2) is 28.9 Å². The van der Waals surface area contributed by atoms with E-state index in [2.05, 4.69) is 31.9 Å². The largest absolute Gasteiger partial charge is 2.00 e. The van der Waals surface area contributed by atoms with E-state index in [4.69, 9.17) is 49.3 Å². The smallest absolute Gasteiger partial charge is 0.508 e. The number of aromatic hydroxyl groups is 2. The van der Waals surface area contributed by atoms with E-state index in [-0.39, 0.29) is 178 Å². The second kappa shape index (κ2) is 69.9. The SMILES string of the molecule is COCCOCCOCCCC(=O)C(CCC(=O)NO)NC(=O)C(CCC(=O)NO)CC(=O)[C@H](Cc1ccc(O)cc1)NC(=O)[C@H](CC(=O)[C@H](CC(=O)O)NC(C)=O)CC(C)C.COCCOCCOCCNC(=O)C(CCC(=O)NO)CC(=O)C(CCC(=O)NO)NC(=O)[C@@H](CC(=O)[C@@H](CC(C)C)NC(=O)[C@@H](CC(C)=O)CC(=O)O)Cc1ccc(O)cc1.[CH3-].[CH3-].[Fe+2]. The van der Waals surface area contributed by atoms with Crippen LogP contribution in [-0.4, -0.2) is 264 Å². The molecule has 43 heteroatoms. The van der Waals surface area contributed by atoms with Gasteiger partial charge >= 0.3 is 29.0 Å². The summed E-state index contributed by atoms with van der Waals surface area (Å²) in [6.07, 6.45) is -6.63. The van der Waals surface area contributed by atoms with Gasteiger partial charge < -0.3 is 100 Å². The van der Waals surface area contributed by atoms with Crippen LogP contribution >= 0.6 is 0 Å². The van der Waals surface area contributed by atoms with Gasteiger partial charge in [-0.2, -0.15) is 0 Å². The Morgan fingerprint density at radius 1 is 0.346 bits per heavy atom. The van der Waals surface area contributed by atoms with Crippen LogP contribution in [0.1, 0.15) is 175 Å². The number of ketones is 6. The van der Waals surface area contributed by atoms with Crippen LogP contribution in [0, 0.1) is 56.3 Å². The first-order valence-corrected chi connectivity index (χ1v) is 40.7. The summed E-state index contributed by atoms with van der Waals surface area (Å²) in [5.74, 6) is -21.0. The number of aliphatic carboxylic acids is 2. The van der Waals surface area contributed by atoms with Crippen molar-refractivity contribution in [1.82, 2.24) is 53.8 Å². The Kier molecular flexibility index (Phi) is 66.6. The van der Waals surface area contributed by atoms with Gasteiger partial charge in [0.2, 0.25) is 59.1 Å². The number of carbonyl (C=O) groups is 18. The number of hydrogen-bond acceptors (Lipinski definition) is 30. The molecule has 2 rings (SSSR count). The van der Waals surface area contributed by atoms with Gasteiger partial charge in [-0.1, -0.05) is 52.0 Å². The van der Waals surface area contributed by atoms with Crippen LogP contribution in [-0.2, 0) is 145 Å². The molecule has 718 valence electrons. The molecule has 4 unspecified atom stereocenters. The number of methoxy groups -OCH3 is 2. The Labute approximate surface area is 750 Å². The molecule has 0 aliphatic carbocycles. The molecule has 0 spiro atoms. The zero-order valence-electron chi connectivity index (χ0n) is 73.9. The predicted molar refractivity (Wildman–Crippen MR) is 447 cm³/mol. The van der Waals surface area contributed by atoms with Gasteiger partial charge in [0, 0.05) is 122 Å². The standard InChI is InChI=1S/2C41H63N5O16.2CH3.Fe/c1-25(2)19-33(44-40(56)29(20-26(3)47)24-38(53)54)35(50)23-30(21-27-5-8-31(48)9-6-27)41(57)43-32(10-12-37(52)46-59)34(49)22-28(7-11-36(51)45-58)39(55)42-13-14-61-17-18-62-16-15-60-4;1-25(2)20-29(23-36(51)33(24-39(54)55)42-26(3)47)41(57)44-32(21-27-7-10-30(48)11-8-27)35(50)22-28(9-13-37(52)45-58)40(56)43-31(12-14-38(53)46-59)34(49)6-5-15-61-18-19-62-17-16-60-4;;;/h5-6,8-9,25,28-30,32-33,48,58-59H,7,10-24H2,1-4H3,(H,42,55)(H,43,57)(H,44,56)(H,45,51)(H,46,52)(H,53,54);7-8,10-11,25,28-29,31-33,48,58-59H,5-6,9,12-24H2,1-4H3,(H,42,47)(H,43,56)(H,44,57)(H,45,52)(H,46,53)(H,54,55);2*1H3;/q;;2*-1;+2/t28?,29-,30+,32?,33+;28?,29-,31?,32-,33-;;;/m00.../s1. The fourth-order valence-corrected chi connectivity index (χ4v) is 12.6. The molecule has 0 saturated carbocycles. The number of amides is 10. The quantitative estimate of drug-likeness (QED) is 0.0148. The van der Waals surface area contributed by atoms with Gasteiger partial charge in [0.1, 0.15) is 17.3 Å². The number of hydroxylamine groups is 4. The number of nitrogens with one attached hydrogen (secondary N) is 10. The number of hydrogen-bond donors (Lipinski definition) is 18. The zero-order chi connectivity index (χ0) is 93.2. The molecule has 0 aliphatic rings. The molecule has 0 aromatic heterocycles. The molecule has 0 saturated heterocycles. The van der Waals surface area contributed by atoms with Crippen LogP contribution in [0.2, 0.25) is 0 Å². The summed E-state index contributed by atoms with van der Waals surface area (Å²) in [6, 6.07) is 4.71. The predicted octanol–water partition coefficient (Wildman–Crippen LogP) is 2.12. The second-order valence-electron chi connectivity index (χ2n) is 30.4. The molecule has 18 N–H and O–H groups in total. The summed E-state index contributed by atoms with van der Waals surface area (Å²) in [4.78, 5) is 232. The normalized spacial score (nSPS) is 13.1. The Morgan fingerprint density at radius 2 is 0.701 bits per heavy atom. The van der Waals surface area contributed by atoms with Crippen molar-refractivity contribution < 1.29 is 173 Å². The van der Waals surface area contributed by atoms with E-state index in [1.807, 2.05) is 0 Å². The second-order valence-corrected chi connectivity index (χ2v) is 30.4. The van der Waals surface area contributed by atoms with E-state index < -0.39 is 217 Å². The molecular weight excluding hydrogens is 1720 g/mol. The molecule has 0 aliphatic heterocycles. The first-order valence-electron chi connectivity index (χ1n) is 40.7. The number of phenols is 2. The van der Waals surface area contributed by atoms with Gasteiger partial charge in [-0.25, -0.2) is 21.9 Å². The number of carboxylic acid groups (broad SMARTS) is 2. The number of rotatable bonds is 68. The number of carboxylic acids is 2. The maximum absolute atomic E-state index is 14.2. The van der Waals surface area contributed by atoms with Gasteiger partial charge in [-0.15, -0.1) is 0 Å². The van der Waals surface area contributed by atoms with Crippen LogP contribution in [0.3, 0.4) is 0 Å².